The average Bonchev–Trinajstić information content (AvgIpc) is 2.50. The monoisotopic (exact) mass is 383 g/mol. The molecular formula is C19H29NO5S. The molecule has 26 heavy (non-hydrogen) atoms. The lowest BCUT2D eigenvalue weighted by Crippen LogP contribution is -2.42. The number of rotatable bonds is 8. The molecule has 1 aliphatic rings. The Labute approximate surface area is 156 Å². The fourth-order valence-electron chi connectivity index (χ4n) is 2.71. The summed E-state index contributed by atoms with van der Waals surface area (Å²) in [6.07, 6.45) is 3.01. The second-order valence-corrected chi connectivity index (χ2v) is 9.39. The summed E-state index contributed by atoms with van der Waals surface area (Å²) in [6, 6.07) is 5.21. The lowest BCUT2D eigenvalue weighted by Gasteiger charge is -2.34. The topological polar surface area (TPSA) is 72.9 Å². The second kappa shape index (κ2) is 8.29. The van der Waals surface area contributed by atoms with Gasteiger partial charge >= 0.3 is 10.1 Å². The van der Waals surface area contributed by atoms with Crippen molar-refractivity contribution in [1.82, 2.24) is 4.90 Å². The SMILES string of the molecule is COc1ccc(CN(C(=O)C2CCC2)C(C)C)cc1OS(=O)(=O)C(C)C. The molecule has 0 aliphatic heterocycles. The fraction of sp³-hybridized carbons (Fsp3) is 0.632. The summed E-state index contributed by atoms with van der Waals surface area (Å²) in [5, 5.41) is -0.664. The van der Waals surface area contributed by atoms with Gasteiger partial charge in [0.15, 0.2) is 11.5 Å². The van der Waals surface area contributed by atoms with E-state index in [1.807, 2.05) is 24.8 Å². The molecule has 1 saturated carbocycles. The Hall–Kier alpha value is -1.76. The first-order chi connectivity index (χ1) is 12.2. The molecule has 0 atom stereocenters. The van der Waals surface area contributed by atoms with Crippen LogP contribution in [0.15, 0.2) is 18.2 Å². The van der Waals surface area contributed by atoms with E-state index in [1.165, 1.54) is 7.11 Å². The largest absolute Gasteiger partial charge is 0.493 e. The second-order valence-electron chi connectivity index (χ2n) is 7.30. The van der Waals surface area contributed by atoms with Gasteiger partial charge in [-0.1, -0.05) is 12.5 Å². The number of amides is 1. The Morgan fingerprint density at radius 2 is 1.85 bits per heavy atom. The molecule has 1 amide bonds. The van der Waals surface area contributed by atoms with Gasteiger partial charge in [-0.2, -0.15) is 8.42 Å². The summed E-state index contributed by atoms with van der Waals surface area (Å²) in [5.74, 6) is 0.782. The predicted octanol–water partition coefficient (Wildman–Crippen LogP) is 3.35. The molecule has 0 spiro atoms. The molecule has 2 rings (SSSR count). The lowest BCUT2D eigenvalue weighted by molar-refractivity contribution is -0.140. The van der Waals surface area contributed by atoms with Crippen molar-refractivity contribution in [2.24, 2.45) is 5.92 Å². The van der Waals surface area contributed by atoms with Crippen molar-refractivity contribution < 1.29 is 22.1 Å². The van der Waals surface area contributed by atoms with Crippen LogP contribution in [0.3, 0.4) is 0 Å². The van der Waals surface area contributed by atoms with Crippen LogP contribution in [-0.2, 0) is 21.5 Å². The van der Waals surface area contributed by atoms with Crippen LogP contribution in [0.4, 0.5) is 0 Å². The van der Waals surface area contributed by atoms with Crippen LogP contribution in [0.2, 0.25) is 0 Å². The van der Waals surface area contributed by atoms with E-state index in [0.29, 0.717) is 12.3 Å². The molecule has 7 heteroatoms. The molecule has 1 fully saturated rings. The molecule has 0 bridgehead atoms. The maximum absolute atomic E-state index is 12.7. The quantitative estimate of drug-likeness (QED) is 0.644. The summed E-state index contributed by atoms with van der Waals surface area (Å²) in [6.45, 7) is 7.50. The van der Waals surface area contributed by atoms with Crippen molar-refractivity contribution in [3.8, 4) is 11.5 Å². The van der Waals surface area contributed by atoms with E-state index in [2.05, 4.69) is 0 Å². The first kappa shape index (κ1) is 20.6. The first-order valence-corrected chi connectivity index (χ1v) is 10.5. The minimum absolute atomic E-state index is 0.0639. The van der Waals surface area contributed by atoms with Crippen LogP contribution in [0.1, 0.15) is 52.5 Å². The maximum atomic E-state index is 12.7. The van der Waals surface area contributed by atoms with Gasteiger partial charge in [-0.3, -0.25) is 4.79 Å². The predicted molar refractivity (Wildman–Crippen MR) is 101 cm³/mol. The third-order valence-electron chi connectivity index (χ3n) is 4.73. The van der Waals surface area contributed by atoms with E-state index in [4.69, 9.17) is 8.92 Å². The average molecular weight is 384 g/mol. The summed E-state index contributed by atoms with van der Waals surface area (Å²) in [7, 11) is -2.27. The summed E-state index contributed by atoms with van der Waals surface area (Å²) in [4.78, 5) is 14.5. The van der Waals surface area contributed by atoms with Crippen LogP contribution in [0.25, 0.3) is 0 Å². The van der Waals surface area contributed by atoms with Crippen LogP contribution in [0.5, 0.6) is 11.5 Å². The Bertz CT molecular complexity index is 738. The molecule has 1 aliphatic carbocycles. The minimum atomic E-state index is -3.73. The molecule has 1 aromatic carbocycles. The van der Waals surface area contributed by atoms with E-state index in [-0.39, 0.29) is 23.6 Å². The highest BCUT2D eigenvalue weighted by Gasteiger charge is 2.31. The highest BCUT2D eigenvalue weighted by atomic mass is 32.2. The normalized spacial score (nSPS) is 15.0. The van der Waals surface area contributed by atoms with Crippen LogP contribution in [-0.4, -0.2) is 37.6 Å². The van der Waals surface area contributed by atoms with Gasteiger partial charge in [0.2, 0.25) is 5.91 Å². The fourth-order valence-corrected chi connectivity index (χ4v) is 3.28. The summed E-state index contributed by atoms with van der Waals surface area (Å²) >= 11 is 0. The van der Waals surface area contributed by atoms with Crippen molar-refractivity contribution in [3.05, 3.63) is 23.8 Å². The Morgan fingerprint density at radius 3 is 2.31 bits per heavy atom. The molecule has 1 aromatic rings. The number of hydrogen-bond donors (Lipinski definition) is 0. The Morgan fingerprint density at radius 1 is 1.19 bits per heavy atom. The van der Waals surface area contributed by atoms with Crippen molar-refractivity contribution in [2.45, 2.75) is 64.8 Å². The van der Waals surface area contributed by atoms with Gasteiger partial charge in [0.1, 0.15) is 0 Å². The van der Waals surface area contributed by atoms with E-state index in [0.717, 1.165) is 24.8 Å². The van der Waals surface area contributed by atoms with E-state index < -0.39 is 15.4 Å². The van der Waals surface area contributed by atoms with Gasteiger partial charge in [-0.25, -0.2) is 0 Å². The third-order valence-corrected chi connectivity index (χ3v) is 6.29. The number of hydrogen-bond acceptors (Lipinski definition) is 5. The zero-order chi connectivity index (χ0) is 19.5. The number of carbonyl (C=O) groups is 1. The molecule has 6 nitrogen and oxygen atoms in total. The zero-order valence-electron chi connectivity index (χ0n) is 16.2. The lowest BCUT2D eigenvalue weighted by atomic mass is 9.84. The van der Waals surface area contributed by atoms with Crippen molar-refractivity contribution in [2.75, 3.05) is 7.11 Å². The summed E-state index contributed by atoms with van der Waals surface area (Å²) in [5.41, 5.74) is 0.807. The molecular weight excluding hydrogens is 354 g/mol. The molecule has 0 N–H and O–H groups in total. The van der Waals surface area contributed by atoms with Gasteiger partial charge in [-0.05, 0) is 58.2 Å². The van der Waals surface area contributed by atoms with E-state index in [1.54, 1.807) is 26.0 Å². The van der Waals surface area contributed by atoms with Gasteiger partial charge < -0.3 is 13.8 Å². The van der Waals surface area contributed by atoms with Gasteiger partial charge in [0.05, 0.1) is 12.4 Å². The van der Waals surface area contributed by atoms with Crippen molar-refractivity contribution >= 4 is 16.0 Å². The van der Waals surface area contributed by atoms with E-state index in [9.17, 15) is 13.2 Å². The van der Waals surface area contributed by atoms with Gasteiger partial charge in [-0.15, -0.1) is 0 Å². The number of ether oxygens (including phenoxy) is 1. The Balaban J connectivity index is 2.25. The molecule has 0 heterocycles. The maximum Gasteiger partial charge on any atom is 0.311 e. The van der Waals surface area contributed by atoms with Crippen LogP contribution < -0.4 is 8.92 Å². The highest BCUT2D eigenvalue weighted by Crippen LogP contribution is 2.32. The minimum Gasteiger partial charge on any atom is -0.493 e. The highest BCUT2D eigenvalue weighted by molar-refractivity contribution is 7.87. The summed E-state index contributed by atoms with van der Waals surface area (Å²) < 4.78 is 34.7. The first-order valence-electron chi connectivity index (χ1n) is 9.06. The smallest absolute Gasteiger partial charge is 0.311 e. The van der Waals surface area contributed by atoms with E-state index >= 15 is 0 Å². The van der Waals surface area contributed by atoms with Crippen LogP contribution in [0, 0.1) is 5.92 Å². The molecule has 0 saturated heterocycles. The molecule has 0 aromatic heterocycles. The molecule has 146 valence electrons. The molecule has 0 unspecified atom stereocenters. The van der Waals surface area contributed by atoms with Crippen molar-refractivity contribution in [3.63, 3.8) is 0 Å². The number of nitrogens with zero attached hydrogens (tertiary/aromatic N) is 1. The van der Waals surface area contributed by atoms with Crippen LogP contribution >= 0.6 is 0 Å². The van der Waals surface area contributed by atoms with Gasteiger partial charge in [0.25, 0.3) is 0 Å². The number of benzene rings is 1. The number of methoxy groups -OCH3 is 1. The standard InChI is InChI=1S/C19H29NO5S/c1-13(2)20(19(21)16-7-6-8-16)12-15-9-10-17(24-5)18(11-15)25-26(22,23)14(3)4/h9-11,13-14,16H,6-8,12H2,1-5H3. The number of carbonyl (C=O) groups excluding carboxylic acids is 1. The molecule has 0 radical (unpaired) electrons. The van der Waals surface area contributed by atoms with Gasteiger partial charge in [0, 0.05) is 18.5 Å². The van der Waals surface area contributed by atoms with Crippen molar-refractivity contribution in [1.29, 1.82) is 0 Å². The Kier molecular flexibility index (Phi) is 6.55. The third kappa shape index (κ3) is 4.69. The zero-order valence-corrected chi connectivity index (χ0v) is 17.0.